The van der Waals surface area contributed by atoms with Crippen LogP contribution in [-0.4, -0.2) is 42.5 Å². The highest BCUT2D eigenvalue weighted by Crippen LogP contribution is 2.68. The van der Waals surface area contributed by atoms with Crippen molar-refractivity contribution in [3.05, 3.63) is 41.3 Å². The van der Waals surface area contributed by atoms with Gasteiger partial charge in [-0.2, -0.15) is 5.10 Å². The molecule has 1 fully saturated rings. The fraction of sp³-hybridized carbons (Fsp3) is 0.571. The number of para-hydroxylation sites is 1. The van der Waals surface area contributed by atoms with Gasteiger partial charge < -0.3 is 4.90 Å². The van der Waals surface area contributed by atoms with Gasteiger partial charge in [0.15, 0.2) is 6.34 Å². The van der Waals surface area contributed by atoms with Crippen LogP contribution in [-0.2, 0) is 11.8 Å². The number of allylic oxidation sites excluding steroid dienone is 2. The van der Waals surface area contributed by atoms with Crippen molar-refractivity contribution >= 4 is 29.5 Å². The number of piperidine rings is 1. The quantitative estimate of drug-likeness (QED) is 0.644. The van der Waals surface area contributed by atoms with Crippen LogP contribution in [0.3, 0.4) is 0 Å². The number of likely N-dealkylation sites (tertiary alicyclic amines) is 1. The van der Waals surface area contributed by atoms with E-state index in [1.165, 1.54) is 36.0 Å². The first-order valence-electron chi connectivity index (χ1n) is 10.0. The standard InChI is InChI=1S/C21H31N4PS/c1-21(2)15-18-20(19(16-21)24-13-9-6-10-14-24)26(27,23(3)4)25(22-18)17-11-7-5-8-12-17/h5,7-8,11-12H,6,9-10,13-16H2,1-4H3/t26-/m0/s1. The highest BCUT2D eigenvalue weighted by atomic mass is 32.4. The van der Waals surface area contributed by atoms with Crippen LogP contribution in [0.5, 0.6) is 0 Å². The number of nitrogens with zero attached hydrogens (tertiary/aromatic N) is 4. The molecule has 0 N–H and O–H groups in total. The number of anilines is 1. The molecule has 2 heterocycles. The summed E-state index contributed by atoms with van der Waals surface area (Å²) in [5, 5.41) is 6.55. The highest BCUT2D eigenvalue weighted by Gasteiger charge is 2.48. The number of fused-ring (bicyclic) bond motifs is 1. The normalized spacial score (nSPS) is 27.8. The lowest BCUT2D eigenvalue weighted by Crippen LogP contribution is -2.37. The van der Waals surface area contributed by atoms with Gasteiger partial charge in [0.2, 0.25) is 0 Å². The zero-order chi connectivity index (χ0) is 19.2. The summed E-state index contributed by atoms with van der Waals surface area (Å²) < 4.78 is 4.45. The summed E-state index contributed by atoms with van der Waals surface area (Å²) in [5.41, 5.74) is 4.06. The third kappa shape index (κ3) is 3.28. The third-order valence-electron chi connectivity index (χ3n) is 5.87. The van der Waals surface area contributed by atoms with E-state index in [0.29, 0.717) is 0 Å². The van der Waals surface area contributed by atoms with Crippen LogP contribution in [0, 0.1) is 5.41 Å². The number of benzene rings is 1. The summed E-state index contributed by atoms with van der Waals surface area (Å²) >= 11 is 6.48. The van der Waals surface area contributed by atoms with Crippen molar-refractivity contribution < 1.29 is 0 Å². The predicted molar refractivity (Wildman–Crippen MR) is 120 cm³/mol. The van der Waals surface area contributed by atoms with Crippen LogP contribution >= 0.6 is 6.34 Å². The molecule has 1 aliphatic carbocycles. The molecule has 0 saturated carbocycles. The molecule has 27 heavy (non-hydrogen) atoms. The molecule has 0 bridgehead atoms. The van der Waals surface area contributed by atoms with E-state index in [4.69, 9.17) is 16.9 Å². The van der Waals surface area contributed by atoms with E-state index in [1.807, 2.05) is 0 Å². The molecule has 0 aromatic heterocycles. The minimum Gasteiger partial charge on any atom is -0.374 e. The SMILES string of the molecule is CN(C)[P@@]1(=S)C2=C(N3CCCCC3)CC(C)(C)CC2=NN1c1ccccc1. The van der Waals surface area contributed by atoms with E-state index in [2.05, 4.69) is 72.6 Å². The average Bonchev–Trinajstić information content (AvgIpc) is 2.95. The first-order valence-corrected chi connectivity index (χ1v) is 12.7. The number of hydrogen-bond donors (Lipinski definition) is 0. The van der Waals surface area contributed by atoms with Crippen LogP contribution < -0.4 is 4.78 Å². The number of hydrazone groups is 1. The van der Waals surface area contributed by atoms with E-state index >= 15 is 0 Å². The summed E-state index contributed by atoms with van der Waals surface area (Å²) in [4.78, 5) is 2.63. The molecule has 1 aromatic carbocycles. The Kier molecular flexibility index (Phi) is 4.99. The minimum atomic E-state index is -2.15. The number of rotatable bonds is 3. The van der Waals surface area contributed by atoms with Gasteiger partial charge in [0.05, 0.1) is 16.7 Å². The lowest BCUT2D eigenvalue weighted by Gasteiger charge is -2.43. The zero-order valence-corrected chi connectivity index (χ0v) is 18.7. The fourth-order valence-electron chi connectivity index (χ4n) is 4.56. The van der Waals surface area contributed by atoms with Gasteiger partial charge in [-0.3, -0.25) is 4.67 Å². The fourth-order valence-corrected chi connectivity index (χ4v) is 8.21. The van der Waals surface area contributed by atoms with Gasteiger partial charge in [0.1, 0.15) is 0 Å². The van der Waals surface area contributed by atoms with Crippen LogP contribution in [0.4, 0.5) is 5.69 Å². The Balaban J connectivity index is 1.90. The Labute approximate surface area is 169 Å². The van der Waals surface area contributed by atoms with Crippen molar-refractivity contribution in [2.75, 3.05) is 32.0 Å². The molecule has 0 unspecified atom stereocenters. The summed E-state index contributed by atoms with van der Waals surface area (Å²) in [7, 11) is 4.27. The molecule has 3 aliphatic rings. The van der Waals surface area contributed by atoms with Crippen LogP contribution in [0.2, 0.25) is 0 Å². The molecule has 2 aliphatic heterocycles. The summed E-state index contributed by atoms with van der Waals surface area (Å²) in [6, 6.07) is 10.5. The van der Waals surface area contributed by atoms with E-state index in [-0.39, 0.29) is 5.41 Å². The van der Waals surface area contributed by atoms with Crippen molar-refractivity contribution in [3.8, 4) is 0 Å². The van der Waals surface area contributed by atoms with E-state index in [0.717, 1.165) is 31.6 Å². The van der Waals surface area contributed by atoms with Crippen molar-refractivity contribution in [2.24, 2.45) is 10.5 Å². The second-order valence-electron chi connectivity index (χ2n) is 8.92. The average molecular weight is 403 g/mol. The lowest BCUT2D eigenvalue weighted by molar-refractivity contribution is 0.240. The van der Waals surface area contributed by atoms with E-state index in [9.17, 15) is 0 Å². The van der Waals surface area contributed by atoms with Crippen LogP contribution in [0.15, 0.2) is 46.4 Å². The summed E-state index contributed by atoms with van der Waals surface area (Å²) in [5.74, 6) is 0. The third-order valence-corrected chi connectivity index (χ3v) is 10.9. The molecular weight excluding hydrogens is 371 g/mol. The van der Waals surface area contributed by atoms with Crippen molar-refractivity contribution in [1.29, 1.82) is 0 Å². The molecule has 6 heteroatoms. The Bertz CT molecular complexity index is 822. The van der Waals surface area contributed by atoms with Gasteiger partial charge in [-0.15, -0.1) is 0 Å². The smallest absolute Gasteiger partial charge is 0.153 e. The molecule has 1 atom stereocenters. The van der Waals surface area contributed by atoms with E-state index < -0.39 is 6.34 Å². The topological polar surface area (TPSA) is 22.1 Å². The van der Waals surface area contributed by atoms with E-state index in [1.54, 1.807) is 0 Å². The molecular formula is C21H31N4PS. The first-order chi connectivity index (χ1) is 12.8. The Morgan fingerprint density at radius 3 is 2.33 bits per heavy atom. The highest BCUT2D eigenvalue weighted by molar-refractivity contribution is 8.16. The Morgan fingerprint density at radius 1 is 1.04 bits per heavy atom. The Morgan fingerprint density at radius 2 is 1.70 bits per heavy atom. The second-order valence-corrected chi connectivity index (χ2v) is 13.2. The van der Waals surface area contributed by atoms with Gasteiger partial charge in [-0.05, 0) is 63.7 Å². The van der Waals surface area contributed by atoms with Gasteiger partial charge >= 0.3 is 0 Å². The maximum absolute atomic E-state index is 6.48. The maximum Gasteiger partial charge on any atom is 0.153 e. The maximum atomic E-state index is 6.48. The molecule has 4 rings (SSSR count). The monoisotopic (exact) mass is 402 g/mol. The molecule has 0 radical (unpaired) electrons. The molecule has 1 saturated heterocycles. The molecule has 0 amide bonds. The van der Waals surface area contributed by atoms with Crippen molar-refractivity contribution in [2.45, 2.75) is 46.0 Å². The molecule has 1 aromatic rings. The van der Waals surface area contributed by atoms with Crippen LogP contribution in [0.1, 0.15) is 46.0 Å². The number of hydrogen-bond acceptors (Lipinski definition) is 3. The molecule has 4 nitrogen and oxygen atoms in total. The summed E-state index contributed by atoms with van der Waals surface area (Å²) in [6.45, 7) is 7.08. The molecule has 0 spiro atoms. The molecule has 146 valence electrons. The first kappa shape index (κ1) is 19.2. The predicted octanol–water partition coefficient (Wildman–Crippen LogP) is 5.25. The van der Waals surface area contributed by atoms with Crippen LogP contribution in [0.25, 0.3) is 0 Å². The Hall–Kier alpha value is -1.16. The zero-order valence-electron chi connectivity index (χ0n) is 17.0. The largest absolute Gasteiger partial charge is 0.374 e. The van der Waals surface area contributed by atoms with Gasteiger partial charge in [0.25, 0.3) is 0 Å². The van der Waals surface area contributed by atoms with Gasteiger partial charge in [0, 0.05) is 18.8 Å². The minimum absolute atomic E-state index is 0.230. The lowest BCUT2D eigenvalue weighted by atomic mass is 9.78. The van der Waals surface area contributed by atoms with Gasteiger partial charge in [-0.25, -0.2) is 4.78 Å². The second kappa shape index (κ2) is 7.02. The summed E-state index contributed by atoms with van der Waals surface area (Å²) in [6.07, 6.45) is 3.89. The van der Waals surface area contributed by atoms with Gasteiger partial charge in [-0.1, -0.05) is 43.9 Å². The van der Waals surface area contributed by atoms with Crippen molar-refractivity contribution in [3.63, 3.8) is 0 Å². The van der Waals surface area contributed by atoms with Crippen molar-refractivity contribution in [1.82, 2.24) is 9.57 Å².